The number of piperazine rings is 1. The van der Waals surface area contributed by atoms with Gasteiger partial charge in [0.15, 0.2) is 0 Å². The molecule has 2 aliphatic carbocycles. The number of fused-ring (bicyclic) bond motifs is 5. The van der Waals surface area contributed by atoms with Crippen LogP contribution in [0.1, 0.15) is 76.6 Å². The van der Waals surface area contributed by atoms with Crippen molar-refractivity contribution >= 4 is 39.0 Å². The van der Waals surface area contributed by atoms with Gasteiger partial charge in [0.05, 0.1) is 42.9 Å². The quantitative estimate of drug-likeness (QED) is 0.297. The predicted octanol–water partition coefficient (Wildman–Crippen LogP) is 6.26. The molecular weight excluding hydrogens is 800 g/mol. The molecule has 14 heteroatoms. The number of halogens is 1. The van der Waals surface area contributed by atoms with Crippen LogP contribution in [-0.4, -0.2) is 114 Å². The Bertz CT molecular complexity index is 2270. The number of rotatable bonds is 5. The number of amides is 2. The molecule has 7 atom stereocenters. The van der Waals surface area contributed by atoms with Crippen molar-refractivity contribution < 1.29 is 28.0 Å². The maximum absolute atomic E-state index is 14.9. The fraction of sp³-hybridized carbons (Fsp3) is 0.565. The van der Waals surface area contributed by atoms with Crippen molar-refractivity contribution in [2.24, 2.45) is 29.2 Å². The minimum atomic E-state index is -3.57. The molecule has 3 fully saturated rings. The van der Waals surface area contributed by atoms with Gasteiger partial charge in [0, 0.05) is 93.9 Å². The lowest BCUT2D eigenvalue weighted by molar-refractivity contribution is -0.0464. The number of nitrogens with one attached hydrogen (secondary N) is 1. The summed E-state index contributed by atoms with van der Waals surface area (Å²) < 4.78 is 42.6. The third kappa shape index (κ3) is 8.55. The summed E-state index contributed by atoms with van der Waals surface area (Å²) >= 11 is 6.50. The Labute approximate surface area is 359 Å². The van der Waals surface area contributed by atoms with Gasteiger partial charge in [-0.05, 0) is 104 Å². The van der Waals surface area contributed by atoms with Crippen molar-refractivity contribution in [1.29, 1.82) is 0 Å². The van der Waals surface area contributed by atoms with Crippen LogP contribution in [0.3, 0.4) is 0 Å². The molecule has 2 aromatic carbocycles. The Kier molecular flexibility index (Phi) is 11.9. The van der Waals surface area contributed by atoms with E-state index in [-0.39, 0.29) is 23.2 Å². The fourth-order valence-corrected chi connectivity index (χ4v) is 12.7. The van der Waals surface area contributed by atoms with Crippen LogP contribution in [0, 0.1) is 17.8 Å². The highest BCUT2D eigenvalue weighted by molar-refractivity contribution is 7.92. The van der Waals surface area contributed by atoms with E-state index in [1.165, 1.54) is 11.1 Å². The van der Waals surface area contributed by atoms with Gasteiger partial charge in [-0.25, -0.2) is 4.21 Å². The molecule has 1 spiro atoms. The smallest absolute Gasteiger partial charge is 0.286 e. The Morgan fingerprint density at radius 1 is 1.12 bits per heavy atom. The third-order valence-corrected chi connectivity index (χ3v) is 16.3. The maximum Gasteiger partial charge on any atom is 0.286 e. The van der Waals surface area contributed by atoms with Crippen molar-refractivity contribution in [2.45, 2.75) is 69.6 Å². The molecule has 60 heavy (non-hydrogen) atoms. The summed E-state index contributed by atoms with van der Waals surface area (Å²) in [6.07, 6.45) is 11.7. The van der Waals surface area contributed by atoms with Gasteiger partial charge in [-0.1, -0.05) is 36.7 Å². The number of carbonyl (C=O) groups excluding carboxylic acids is 2. The number of aryl methyl sites for hydroxylation is 2. The summed E-state index contributed by atoms with van der Waals surface area (Å²) in [6.45, 7) is 9.98. The fourth-order valence-electron chi connectivity index (χ4n) is 10.6. The summed E-state index contributed by atoms with van der Waals surface area (Å²) in [7, 11) is 0.135. The monoisotopic (exact) mass is 858 g/mol. The highest BCUT2D eigenvalue weighted by Gasteiger charge is 2.44. The predicted molar refractivity (Wildman–Crippen MR) is 234 cm³/mol. The first-order valence-electron chi connectivity index (χ1n) is 21.8. The van der Waals surface area contributed by atoms with Crippen LogP contribution < -0.4 is 14.4 Å². The lowest BCUT2D eigenvalue weighted by Gasteiger charge is -2.46. The molecule has 9 rings (SSSR count). The molecule has 0 radical (unpaired) electrons. The summed E-state index contributed by atoms with van der Waals surface area (Å²) in [5.41, 5.74) is 4.77. The summed E-state index contributed by atoms with van der Waals surface area (Å²) in [5.74, 6) is 0.142. The molecule has 2 saturated heterocycles. The Morgan fingerprint density at radius 2 is 2.00 bits per heavy atom. The number of anilines is 1. The number of aromatic nitrogens is 1. The first-order valence-corrected chi connectivity index (χ1v) is 23.8. The first kappa shape index (κ1) is 41.6. The van der Waals surface area contributed by atoms with Gasteiger partial charge in [0.2, 0.25) is 0 Å². The standard InChI is InChI=1S/C46H59ClN6O6S/c1-31-6-4-8-42(57-3)39-12-9-34(39)24-53-29-46(15-5-7-32-20-36(47)11-13-40(32)46)30-59-43-14-10-33(22-41(43)53)44(54)48-60(56,28-31)49-45(55)35-21-37(50(2)23-35)25-51-16-17-52-18-19-58-27-38(52)26-51/h4,8,10-11,13-14,20-23,31,34,38-39,42H,5-7,9,12,15-19,24-30H2,1-3H3,(H,48,49,54,55,56)/b8-4-/t31-,34-,38-,39+,42-,46-,60?/m0/s1. The van der Waals surface area contributed by atoms with Crippen LogP contribution in [0.15, 0.2) is 65.2 Å². The average Bonchev–Trinajstić information content (AvgIpc) is 3.51. The van der Waals surface area contributed by atoms with E-state index >= 15 is 0 Å². The minimum Gasteiger partial charge on any atom is -0.490 e. The topological polar surface area (TPSA) is 118 Å². The number of allylic oxidation sites excluding steroid dienone is 1. The SMILES string of the molecule is CO[C@H]1/C=C\C[C@H](C)CS(=O)(NC(=O)c2cc(CN3CCN4CCOC[C@@H]4C3)n(C)c2)=NC(=O)c2ccc3c(c2)N(C[C@@H]2CC[C@H]21)C[C@@]1(CCCc2cc(Cl)ccc21)CO3. The van der Waals surface area contributed by atoms with Gasteiger partial charge in [0.1, 0.15) is 15.7 Å². The molecule has 5 heterocycles. The van der Waals surface area contributed by atoms with E-state index in [1.54, 1.807) is 19.4 Å². The third-order valence-electron chi connectivity index (χ3n) is 14.0. The van der Waals surface area contributed by atoms with E-state index in [0.717, 1.165) is 94.4 Å². The van der Waals surface area contributed by atoms with E-state index in [0.29, 0.717) is 60.9 Å². The molecule has 1 unspecified atom stereocenters. The second-order valence-electron chi connectivity index (χ2n) is 18.2. The van der Waals surface area contributed by atoms with E-state index in [2.05, 4.69) is 48.1 Å². The molecule has 3 aromatic rings. The van der Waals surface area contributed by atoms with Gasteiger partial charge in [-0.2, -0.15) is 0 Å². The molecule has 322 valence electrons. The number of benzene rings is 2. The number of hydrogen-bond donors (Lipinski definition) is 1. The summed E-state index contributed by atoms with van der Waals surface area (Å²) in [5, 5.41) is 0.743. The molecular formula is C46H59ClN6O6S. The van der Waals surface area contributed by atoms with Gasteiger partial charge >= 0.3 is 0 Å². The lowest BCUT2D eigenvalue weighted by atomic mass is 9.68. The molecule has 12 nitrogen and oxygen atoms in total. The van der Waals surface area contributed by atoms with Crippen LogP contribution in [0.2, 0.25) is 5.02 Å². The lowest BCUT2D eigenvalue weighted by Crippen LogP contribution is -2.57. The maximum atomic E-state index is 14.9. The largest absolute Gasteiger partial charge is 0.490 e. The highest BCUT2D eigenvalue weighted by Crippen LogP contribution is 2.47. The van der Waals surface area contributed by atoms with Crippen molar-refractivity contribution in [2.75, 3.05) is 76.9 Å². The second-order valence-corrected chi connectivity index (χ2v) is 20.7. The zero-order chi connectivity index (χ0) is 41.6. The van der Waals surface area contributed by atoms with Gasteiger partial charge in [-0.3, -0.25) is 24.1 Å². The van der Waals surface area contributed by atoms with Crippen molar-refractivity contribution in [3.63, 3.8) is 0 Å². The second kappa shape index (κ2) is 17.2. The normalized spacial score (nSPS) is 31.7. The number of hydrogen-bond acceptors (Lipinski definition) is 9. The van der Waals surface area contributed by atoms with Gasteiger partial charge in [-0.15, -0.1) is 4.36 Å². The van der Waals surface area contributed by atoms with Crippen molar-refractivity contribution in [1.82, 2.24) is 19.1 Å². The van der Waals surface area contributed by atoms with E-state index in [4.69, 9.17) is 25.8 Å². The molecule has 6 aliphatic rings. The first-order chi connectivity index (χ1) is 29.0. The van der Waals surface area contributed by atoms with Crippen molar-refractivity contribution in [3.8, 4) is 5.75 Å². The van der Waals surface area contributed by atoms with E-state index in [9.17, 15) is 13.8 Å². The van der Waals surface area contributed by atoms with Crippen molar-refractivity contribution in [3.05, 3.63) is 93.8 Å². The Morgan fingerprint density at radius 3 is 2.83 bits per heavy atom. The summed E-state index contributed by atoms with van der Waals surface area (Å²) in [4.78, 5) is 35.6. The molecule has 4 aliphatic heterocycles. The Hall–Kier alpha value is -3.72. The van der Waals surface area contributed by atoms with Crippen LogP contribution >= 0.6 is 11.6 Å². The van der Waals surface area contributed by atoms with Crippen LogP contribution in [0.25, 0.3) is 0 Å². The minimum absolute atomic E-state index is 0.0120. The molecule has 1 aromatic heterocycles. The summed E-state index contributed by atoms with van der Waals surface area (Å²) in [6, 6.07) is 13.9. The van der Waals surface area contributed by atoms with Gasteiger partial charge in [0.25, 0.3) is 11.8 Å². The van der Waals surface area contributed by atoms with Crippen LogP contribution in [0.4, 0.5) is 5.69 Å². The van der Waals surface area contributed by atoms with Gasteiger partial charge < -0.3 is 23.7 Å². The van der Waals surface area contributed by atoms with Crippen LogP contribution in [0.5, 0.6) is 5.75 Å². The zero-order valence-electron chi connectivity index (χ0n) is 35.2. The molecule has 1 N–H and O–H groups in total. The van der Waals surface area contributed by atoms with E-state index < -0.39 is 21.7 Å². The number of carbonyl (C=O) groups is 2. The Balaban J connectivity index is 1.02. The molecule has 2 bridgehead atoms. The van der Waals surface area contributed by atoms with E-state index in [1.807, 2.05) is 42.8 Å². The zero-order valence-corrected chi connectivity index (χ0v) is 36.7. The van der Waals surface area contributed by atoms with Crippen LogP contribution in [-0.2, 0) is 44.8 Å². The number of nitrogens with zero attached hydrogens (tertiary/aromatic N) is 5. The molecule has 1 saturated carbocycles. The number of morpholine rings is 1. The highest BCUT2D eigenvalue weighted by atomic mass is 35.5. The average molecular weight is 860 g/mol. The number of ether oxygens (including phenoxy) is 3. The number of methoxy groups -OCH3 is 1. The molecule has 2 amide bonds.